The maximum absolute atomic E-state index is 11.3. The van der Waals surface area contributed by atoms with Crippen LogP contribution in [0.15, 0.2) is 10.5 Å². The van der Waals surface area contributed by atoms with Crippen molar-refractivity contribution in [2.75, 3.05) is 20.3 Å². The summed E-state index contributed by atoms with van der Waals surface area (Å²) < 4.78 is 9.98. The van der Waals surface area contributed by atoms with E-state index in [0.29, 0.717) is 24.7 Å². The fourth-order valence-electron chi connectivity index (χ4n) is 1.34. The van der Waals surface area contributed by atoms with Gasteiger partial charge in [0.2, 0.25) is 0 Å². The summed E-state index contributed by atoms with van der Waals surface area (Å²) in [5.41, 5.74) is 0.103. The highest BCUT2D eigenvalue weighted by molar-refractivity contribution is 5.88. The maximum atomic E-state index is 11.3. The van der Waals surface area contributed by atoms with Crippen molar-refractivity contribution >= 4 is 12.0 Å². The SMILES string of the molecule is COCCNC(=O)NCc1cc(C(=O)O)c(C)o1. The topological polar surface area (TPSA) is 101 Å². The summed E-state index contributed by atoms with van der Waals surface area (Å²) >= 11 is 0. The molecule has 0 aliphatic carbocycles. The molecule has 1 aromatic rings. The van der Waals surface area contributed by atoms with Crippen LogP contribution in [0.5, 0.6) is 0 Å². The van der Waals surface area contributed by atoms with E-state index >= 15 is 0 Å². The van der Waals surface area contributed by atoms with Crippen molar-refractivity contribution in [3.8, 4) is 0 Å². The number of carboxylic acids is 1. The predicted molar refractivity (Wildman–Crippen MR) is 62.5 cm³/mol. The fraction of sp³-hybridized carbons (Fsp3) is 0.455. The number of nitrogens with one attached hydrogen (secondary N) is 2. The Labute approximate surface area is 104 Å². The molecular weight excluding hydrogens is 240 g/mol. The number of carboxylic acid groups (broad SMARTS) is 1. The molecule has 0 spiro atoms. The van der Waals surface area contributed by atoms with Crippen molar-refractivity contribution in [2.24, 2.45) is 0 Å². The Bertz CT molecular complexity index is 427. The van der Waals surface area contributed by atoms with Crippen molar-refractivity contribution < 1.29 is 23.8 Å². The number of rotatable bonds is 6. The van der Waals surface area contributed by atoms with Crippen molar-refractivity contribution in [3.05, 3.63) is 23.2 Å². The molecule has 0 unspecified atom stereocenters. The molecule has 0 radical (unpaired) electrons. The number of carbonyl (C=O) groups is 2. The average Bonchev–Trinajstić information content (AvgIpc) is 2.68. The van der Waals surface area contributed by atoms with Gasteiger partial charge in [-0.2, -0.15) is 0 Å². The van der Waals surface area contributed by atoms with E-state index in [1.54, 1.807) is 14.0 Å². The first-order valence-electron chi connectivity index (χ1n) is 5.38. The number of aryl methyl sites for hydroxylation is 1. The molecule has 3 N–H and O–H groups in total. The molecule has 7 nitrogen and oxygen atoms in total. The van der Waals surface area contributed by atoms with Gasteiger partial charge in [0, 0.05) is 13.7 Å². The molecule has 0 saturated carbocycles. The molecule has 7 heteroatoms. The number of hydrogen-bond donors (Lipinski definition) is 3. The van der Waals surface area contributed by atoms with E-state index in [2.05, 4.69) is 10.6 Å². The van der Waals surface area contributed by atoms with Crippen molar-refractivity contribution in [1.29, 1.82) is 0 Å². The van der Waals surface area contributed by atoms with Crippen molar-refractivity contribution in [3.63, 3.8) is 0 Å². The van der Waals surface area contributed by atoms with Crippen LogP contribution in [-0.2, 0) is 11.3 Å². The number of aromatic carboxylic acids is 1. The normalized spacial score (nSPS) is 10.1. The summed E-state index contributed by atoms with van der Waals surface area (Å²) in [6, 6.07) is 1.03. The van der Waals surface area contributed by atoms with Gasteiger partial charge in [-0.15, -0.1) is 0 Å². The second kappa shape index (κ2) is 6.65. The van der Waals surface area contributed by atoms with Gasteiger partial charge in [0.05, 0.1) is 13.2 Å². The van der Waals surface area contributed by atoms with Gasteiger partial charge in [0.15, 0.2) is 0 Å². The average molecular weight is 256 g/mol. The molecule has 0 bridgehead atoms. The van der Waals surface area contributed by atoms with Gasteiger partial charge in [-0.3, -0.25) is 0 Å². The zero-order valence-electron chi connectivity index (χ0n) is 10.3. The van der Waals surface area contributed by atoms with E-state index in [1.165, 1.54) is 6.07 Å². The Morgan fingerprint density at radius 2 is 2.17 bits per heavy atom. The van der Waals surface area contributed by atoms with Crippen molar-refractivity contribution in [2.45, 2.75) is 13.5 Å². The van der Waals surface area contributed by atoms with Crippen LogP contribution in [0.1, 0.15) is 21.9 Å². The lowest BCUT2D eigenvalue weighted by molar-refractivity contribution is 0.0695. The molecule has 0 aliphatic rings. The number of furan rings is 1. The van der Waals surface area contributed by atoms with Gasteiger partial charge >= 0.3 is 12.0 Å². The van der Waals surface area contributed by atoms with E-state index in [9.17, 15) is 9.59 Å². The van der Waals surface area contributed by atoms with Crippen LogP contribution in [0.2, 0.25) is 0 Å². The molecular formula is C11H16N2O5. The molecule has 0 saturated heterocycles. The zero-order chi connectivity index (χ0) is 13.5. The first kappa shape index (κ1) is 14.0. The van der Waals surface area contributed by atoms with Gasteiger partial charge in [-0.25, -0.2) is 9.59 Å². The highest BCUT2D eigenvalue weighted by atomic mass is 16.5. The summed E-state index contributed by atoms with van der Waals surface area (Å²) in [6.07, 6.45) is 0. The second-order valence-electron chi connectivity index (χ2n) is 3.59. The molecule has 0 fully saturated rings. The molecule has 1 heterocycles. The number of carbonyl (C=O) groups excluding carboxylic acids is 1. The van der Waals surface area contributed by atoms with E-state index < -0.39 is 5.97 Å². The molecule has 18 heavy (non-hydrogen) atoms. The van der Waals surface area contributed by atoms with Gasteiger partial charge in [-0.1, -0.05) is 0 Å². The predicted octanol–water partition coefficient (Wildman–Crippen LogP) is 0.732. The Morgan fingerprint density at radius 3 is 2.72 bits per heavy atom. The summed E-state index contributed by atoms with van der Waals surface area (Å²) in [5, 5.41) is 13.9. The summed E-state index contributed by atoms with van der Waals surface area (Å²) in [6.45, 7) is 2.52. The first-order valence-corrected chi connectivity index (χ1v) is 5.38. The molecule has 1 rings (SSSR count). The van der Waals surface area contributed by atoms with Gasteiger partial charge in [-0.05, 0) is 13.0 Å². The Morgan fingerprint density at radius 1 is 1.44 bits per heavy atom. The van der Waals surface area contributed by atoms with Crippen LogP contribution >= 0.6 is 0 Å². The number of ether oxygens (including phenoxy) is 1. The summed E-state index contributed by atoms with van der Waals surface area (Å²) in [5.74, 6) is -0.335. The highest BCUT2D eigenvalue weighted by Crippen LogP contribution is 2.14. The largest absolute Gasteiger partial charge is 0.478 e. The second-order valence-corrected chi connectivity index (χ2v) is 3.59. The summed E-state index contributed by atoms with van der Waals surface area (Å²) in [4.78, 5) is 22.1. The van der Waals surface area contributed by atoms with Crippen LogP contribution in [0.4, 0.5) is 4.79 Å². The minimum absolute atomic E-state index is 0.103. The molecule has 0 aliphatic heterocycles. The molecule has 0 aromatic carbocycles. The lowest BCUT2D eigenvalue weighted by atomic mass is 10.2. The standard InChI is InChI=1S/C11H16N2O5/c1-7-9(10(14)15)5-8(18-7)6-13-11(16)12-3-4-17-2/h5H,3-4,6H2,1-2H3,(H,14,15)(H2,12,13,16). The number of urea groups is 1. The minimum Gasteiger partial charge on any atom is -0.478 e. The van der Waals surface area contributed by atoms with E-state index in [0.717, 1.165) is 0 Å². The van der Waals surface area contributed by atoms with Crippen LogP contribution in [-0.4, -0.2) is 37.4 Å². The Balaban J connectivity index is 2.41. The van der Waals surface area contributed by atoms with Crippen LogP contribution in [0.25, 0.3) is 0 Å². The van der Waals surface area contributed by atoms with Gasteiger partial charge in [0.1, 0.15) is 17.1 Å². The Hall–Kier alpha value is -2.02. The number of methoxy groups -OCH3 is 1. The lowest BCUT2D eigenvalue weighted by Crippen LogP contribution is -2.36. The van der Waals surface area contributed by atoms with Crippen LogP contribution in [0.3, 0.4) is 0 Å². The summed E-state index contributed by atoms with van der Waals surface area (Å²) in [7, 11) is 1.54. The zero-order valence-corrected chi connectivity index (χ0v) is 10.3. The monoisotopic (exact) mass is 256 g/mol. The van der Waals surface area contributed by atoms with E-state index in [4.69, 9.17) is 14.3 Å². The minimum atomic E-state index is -1.05. The number of hydrogen-bond acceptors (Lipinski definition) is 4. The highest BCUT2D eigenvalue weighted by Gasteiger charge is 2.13. The number of amides is 2. The first-order chi connectivity index (χ1) is 8.54. The smallest absolute Gasteiger partial charge is 0.339 e. The third-order valence-electron chi connectivity index (χ3n) is 2.21. The third-order valence-corrected chi connectivity index (χ3v) is 2.21. The van der Waals surface area contributed by atoms with Crippen molar-refractivity contribution in [1.82, 2.24) is 10.6 Å². The van der Waals surface area contributed by atoms with Gasteiger partial charge in [0.25, 0.3) is 0 Å². The molecule has 1 aromatic heterocycles. The maximum Gasteiger partial charge on any atom is 0.339 e. The lowest BCUT2D eigenvalue weighted by Gasteiger charge is -2.05. The quantitative estimate of drug-likeness (QED) is 0.651. The Kier molecular flexibility index (Phi) is 5.19. The molecule has 100 valence electrons. The van der Waals surface area contributed by atoms with E-state index in [1.807, 2.05) is 0 Å². The van der Waals surface area contributed by atoms with Crippen LogP contribution in [0, 0.1) is 6.92 Å². The molecule has 2 amide bonds. The third kappa shape index (κ3) is 4.10. The van der Waals surface area contributed by atoms with Crippen LogP contribution < -0.4 is 10.6 Å². The fourth-order valence-corrected chi connectivity index (χ4v) is 1.34. The molecule has 0 atom stereocenters. The van der Waals surface area contributed by atoms with Gasteiger partial charge < -0.3 is 24.9 Å². The van der Waals surface area contributed by atoms with E-state index in [-0.39, 0.29) is 18.1 Å².